The van der Waals surface area contributed by atoms with Crippen LogP contribution in [-0.4, -0.2) is 33.0 Å². The van der Waals surface area contributed by atoms with E-state index in [2.05, 4.69) is 20.6 Å². The first-order chi connectivity index (χ1) is 15.4. The molecule has 164 valence electrons. The van der Waals surface area contributed by atoms with E-state index in [4.69, 9.17) is 27.9 Å². The zero-order valence-electron chi connectivity index (χ0n) is 17.7. The monoisotopic (exact) mass is 469 g/mol. The van der Waals surface area contributed by atoms with Crippen LogP contribution in [0.1, 0.15) is 27.4 Å². The van der Waals surface area contributed by atoms with Crippen LogP contribution in [0.4, 0.5) is 5.69 Å². The third kappa shape index (κ3) is 4.49. The van der Waals surface area contributed by atoms with Gasteiger partial charge in [-0.2, -0.15) is 10.2 Å². The number of halogens is 2. The van der Waals surface area contributed by atoms with Gasteiger partial charge in [0.25, 0.3) is 5.91 Å². The van der Waals surface area contributed by atoms with Crippen LogP contribution in [0.15, 0.2) is 48.5 Å². The SMILES string of the molecule is COc1cccc(Cn2nc(C)c(NC(=O)c3cc(-c4ccc(Cl)c(Cl)c4)n[nH]3)c2C)c1. The summed E-state index contributed by atoms with van der Waals surface area (Å²) in [5, 5.41) is 15.4. The van der Waals surface area contributed by atoms with Crippen molar-refractivity contribution in [3.63, 3.8) is 0 Å². The molecule has 0 saturated heterocycles. The highest BCUT2D eigenvalue weighted by molar-refractivity contribution is 6.42. The molecule has 0 atom stereocenters. The number of carbonyl (C=O) groups excluding carboxylic acids is 1. The highest BCUT2D eigenvalue weighted by atomic mass is 35.5. The third-order valence-electron chi connectivity index (χ3n) is 5.12. The van der Waals surface area contributed by atoms with Gasteiger partial charge >= 0.3 is 0 Å². The third-order valence-corrected chi connectivity index (χ3v) is 5.86. The maximum Gasteiger partial charge on any atom is 0.273 e. The van der Waals surface area contributed by atoms with Crippen LogP contribution in [0.2, 0.25) is 10.0 Å². The lowest BCUT2D eigenvalue weighted by atomic mass is 10.1. The number of carbonyl (C=O) groups is 1. The molecule has 0 saturated carbocycles. The Balaban J connectivity index is 1.52. The van der Waals surface area contributed by atoms with E-state index >= 15 is 0 Å². The Labute approximate surface area is 195 Å². The number of benzene rings is 2. The van der Waals surface area contributed by atoms with Gasteiger partial charge in [0.1, 0.15) is 11.4 Å². The molecule has 0 aliphatic heterocycles. The fourth-order valence-electron chi connectivity index (χ4n) is 3.40. The van der Waals surface area contributed by atoms with Gasteiger partial charge in [-0.25, -0.2) is 0 Å². The van der Waals surface area contributed by atoms with E-state index in [1.165, 1.54) is 0 Å². The number of aromatic amines is 1. The number of H-pyrrole nitrogens is 1. The van der Waals surface area contributed by atoms with Crippen molar-refractivity contribution < 1.29 is 9.53 Å². The number of ether oxygens (including phenoxy) is 1. The van der Waals surface area contributed by atoms with E-state index in [0.717, 1.165) is 28.3 Å². The molecular formula is C23H21Cl2N5O2. The molecule has 0 radical (unpaired) electrons. The number of rotatable bonds is 6. The summed E-state index contributed by atoms with van der Waals surface area (Å²) in [6, 6.07) is 14.7. The largest absolute Gasteiger partial charge is 0.497 e. The van der Waals surface area contributed by atoms with Crippen LogP contribution >= 0.6 is 23.2 Å². The number of hydrogen-bond acceptors (Lipinski definition) is 4. The van der Waals surface area contributed by atoms with Crippen molar-refractivity contribution in [3.8, 4) is 17.0 Å². The maximum atomic E-state index is 12.9. The first kappa shape index (κ1) is 21.9. The first-order valence-electron chi connectivity index (χ1n) is 9.85. The number of amides is 1. The summed E-state index contributed by atoms with van der Waals surface area (Å²) in [6.07, 6.45) is 0. The normalized spacial score (nSPS) is 10.9. The highest BCUT2D eigenvalue weighted by Gasteiger charge is 2.18. The molecule has 2 aromatic heterocycles. The number of aromatic nitrogens is 4. The summed E-state index contributed by atoms with van der Waals surface area (Å²) in [5.74, 6) is 0.477. The molecule has 1 amide bonds. The van der Waals surface area contributed by atoms with Gasteiger partial charge in [0.2, 0.25) is 0 Å². The van der Waals surface area contributed by atoms with Crippen LogP contribution in [0.25, 0.3) is 11.3 Å². The van der Waals surface area contributed by atoms with Crippen molar-refractivity contribution in [2.75, 3.05) is 12.4 Å². The van der Waals surface area contributed by atoms with Crippen molar-refractivity contribution in [2.45, 2.75) is 20.4 Å². The molecule has 0 aliphatic rings. The van der Waals surface area contributed by atoms with Gasteiger partial charge in [-0.1, -0.05) is 41.4 Å². The molecule has 32 heavy (non-hydrogen) atoms. The van der Waals surface area contributed by atoms with Crippen molar-refractivity contribution in [2.24, 2.45) is 0 Å². The van der Waals surface area contributed by atoms with Gasteiger partial charge in [0.05, 0.1) is 46.5 Å². The smallest absolute Gasteiger partial charge is 0.273 e. The second-order valence-electron chi connectivity index (χ2n) is 7.30. The fourth-order valence-corrected chi connectivity index (χ4v) is 3.70. The molecule has 0 aliphatic carbocycles. The highest BCUT2D eigenvalue weighted by Crippen LogP contribution is 2.28. The Hall–Kier alpha value is -3.29. The van der Waals surface area contributed by atoms with Crippen molar-refractivity contribution in [3.05, 3.63) is 81.2 Å². The average Bonchev–Trinajstić information content (AvgIpc) is 3.37. The van der Waals surface area contributed by atoms with Crippen LogP contribution < -0.4 is 10.1 Å². The number of anilines is 1. The quantitative estimate of drug-likeness (QED) is 0.390. The molecule has 0 unspecified atom stereocenters. The van der Waals surface area contributed by atoms with Gasteiger partial charge < -0.3 is 10.1 Å². The molecular weight excluding hydrogens is 449 g/mol. The first-order valence-corrected chi connectivity index (χ1v) is 10.6. The minimum absolute atomic E-state index is 0.309. The number of aryl methyl sites for hydroxylation is 1. The van der Waals surface area contributed by atoms with Crippen molar-refractivity contribution >= 4 is 34.8 Å². The van der Waals surface area contributed by atoms with E-state index < -0.39 is 0 Å². The molecule has 4 rings (SSSR count). The van der Waals surface area contributed by atoms with Gasteiger partial charge in [0, 0.05) is 5.56 Å². The Morgan fingerprint density at radius 2 is 1.94 bits per heavy atom. The summed E-state index contributed by atoms with van der Waals surface area (Å²) in [6.45, 7) is 4.34. The second kappa shape index (κ2) is 9.06. The zero-order valence-corrected chi connectivity index (χ0v) is 19.3. The van der Waals surface area contributed by atoms with Crippen LogP contribution in [0, 0.1) is 13.8 Å². The van der Waals surface area contributed by atoms with E-state index in [-0.39, 0.29) is 5.91 Å². The lowest BCUT2D eigenvalue weighted by Gasteiger charge is -2.08. The molecule has 4 aromatic rings. The number of nitrogens with zero attached hydrogens (tertiary/aromatic N) is 3. The minimum atomic E-state index is -0.309. The number of hydrogen-bond donors (Lipinski definition) is 2. The van der Waals surface area contributed by atoms with Gasteiger partial charge in [0.15, 0.2) is 0 Å². The van der Waals surface area contributed by atoms with E-state index in [1.807, 2.05) is 42.8 Å². The summed E-state index contributed by atoms with van der Waals surface area (Å²) in [7, 11) is 1.64. The molecule has 0 fully saturated rings. The molecule has 2 heterocycles. The lowest BCUT2D eigenvalue weighted by molar-refractivity contribution is 0.102. The summed E-state index contributed by atoms with van der Waals surface area (Å²) in [4.78, 5) is 12.9. The molecule has 0 spiro atoms. The van der Waals surface area contributed by atoms with E-state index in [9.17, 15) is 4.79 Å². The summed E-state index contributed by atoms with van der Waals surface area (Å²) in [5.41, 5.74) is 4.97. The molecule has 9 heteroatoms. The van der Waals surface area contributed by atoms with Crippen LogP contribution in [0.3, 0.4) is 0 Å². The minimum Gasteiger partial charge on any atom is -0.497 e. The van der Waals surface area contributed by atoms with Gasteiger partial charge in [-0.15, -0.1) is 0 Å². The maximum absolute atomic E-state index is 12.9. The fraction of sp³-hybridized carbons (Fsp3) is 0.174. The number of methoxy groups -OCH3 is 1. The molecule has 0 bridgehead atoms. The van der Waals surface area contributed by atoms with Crippen molar-refractivity contribution in [1.82, 2.24) is 20.0 Å². The Morgan fingerprint density at radius 3 is 2.69 bits per heavy atom. The Morgan fingerprint density at radius 1 is 1.12 bits per heavy atom. The molecule has 7 nitrogen and oxygen atoms in total. The predicted molar refractivity (Wildman–Crippen MR) is 126 cm³/mol. The summed E-state index contributed by atoms with van der Waals surface area (Å²) >= 11 is 12.1. The zero-order chi connectivity index (χ0) is 22.8. The van der Waals surface area contributed by atoms with Gasteiger partial charge in [-0.3, -0.25) is 14.6 Å². The van der Waals surface area contributed by atoms with E-state index in [1.54, 1.807) is 31.4 Å². The lowest BCUT2D eigenvalue weighted by Crippen LogP contribution is -2.14. The Bertz CT molecular complexity index is 1300. The van der Waals surface area contributed by atoms with Crippen LogP contribution in [0.5, 0.6) is 5.75 Å². The van der Waals surface area contributed by atoms with Gasteiger partial charge in [-0.05, 0) is 49.7 Å². The van der Waals surface area contributed by atoms with Crippen molar-refractivity contribution in [1.29, 1.82) is 0 Å². The average molecular weight is 470 g/mol. The van der Waals surface area contributed by atoms with Crippen LogP contribution in [-0.2, 0) is 6.54 Å². The predicted octanol–water partition coefficient (Wildman–Crippen LogP) is 5.51. The number of nitrogens with one attached hydrogen (secondary N) is 2. The summed E-state index contributed by atoms with van der Waals surface area (Å²) < 4.78 is 7.14. The topological polar surface area (TPSA) is 84.8 Å². The molecule has 2 N–H and O–H groups in total. The Kier molecular flexibility index (Phi) is 6.21. The standard InChI is InChI=1S/C23H21Cl2N5O2/c1-13-22(14(2)30(29-13)12-15-5-4-6-17(9-15)32-3)26-23(31)21-11-20(27-28-21)16-7-8-18(24)19(25)10-16/h4-11H,12H2,1-3H3,(H,26,31)(H,27,28). The molecule has 2 aromatic carbocycles. The second-order valence-corrected chi connectivity index (χ2v) is 8.12. The van der Waals surface area contributed by atoms with E-state index in [0.29, 0.717) is 33.7 Å².